The molecule has 0 saturated carbocycles. The van der Waals surface area contributed by atoms with E-state index in [1.54, 1.807) is 41.6 Å². The van der Waals surface area contributed by atoms with Crippen molar-refractivity contribution < 1.29 is 4.42 Å². The van der Waals surface area contributed by atoms with E-state index in [1.807, 2.05) is 7.05 Å². The highest BCUT2D eigenvalue weighted by atomic mass is 16.3. The number of anilines is 2. The Balaban J connectivity index is 1.89. The van der Waals surface area contributed by atoms with Crippen molar-refractivity contribution in [1.82, 2.24) is 25.0 Å². The number of nitrogens with one attached hydrogen (secondary N) is 2. The van der Waals surface area contributed by atoms with Gasteiger partial charge in [0, 0.05) is 37.8 Å². The van der Waals surface area contributed by atoms with Gasteiger partial charge in [-0.1, -0.05) is 0 Å². The number of hydrogen-bond donors (Lipinski definition) is 2. The maximum absolute atomic E-state index is 12.3. The summed E-state index contributed by atoms with van der Waals surface area (Å²) in [5.41, 5.74) is 0.924. The molecular weight excluding hydrogens is 296 g/mol. The van der Waals surface area contributed by atoms with Crippen LogP contribution in [0.1, 0.15) is 0 Å². The Kier molecular flexibility index (Phi) is 2.94. The summed E-state index contributed by atoms with van der Waals surface area (Å²) in [4.78, 5) is 16.6. The Morgan fingerprint density at radius 2 is 2.26 bits per heavy atom. The number of pyridine rings is 1. The fraction of sp³-hybridized carbons (Fsp3) is 0.0667. The molecule has 0 bridgehead atoms. The summed E-state index contributed by atoms with van der Waals surface area (Å²) in [6.45, 7) is 0. The van der Waals surface area contributed by atoms with Crippen LogP contribution in [0.15, 0.2) is 52.2 Å². The highest BCUT2D eigenvalue weighted by molar-refractivity contribution is 5.88. The molecule has 4 heterocycles. The smallest absolute Gasteiger partial charge is 0.193 e. The summed E-state index contributed by atoms with van der Waals surface area (Å²) in [6, 6.07) is 4.88. The average Bonchev–Trinajstić information content (AvgIpc) is 3.20. The summed E-state index contributed by atoms with van der Waals surface area (Å²) >= 11 is 0. The number of H-pyrrole nitrogens is 1. The maximum Gasteiger partial charge on any atom is 0.193 e. The Morgan fingerprint density at radius 3 is 3.00 bits per heavy atom. The third-order valence-corrected chi connectivity index (χ3v) is 3.39. The van der Waals surface area contributed by atoms with E-state index in [1.165, 1.54) is 6.07 Å². The molecule has 0 saturated heterocycles. The first-order chi connectivity index (χ1) is 11.2. The van der Waals surface area contributed by atoms with Crippen molar-refractivity contribution >= 4 is 22.6 Å². The molecule has 2 N–H and O–H groups in total. The fourth-order valence-electron chi connectivity index (χ4n) is 2.30. The minimum absolute atomic E-state index is 0.145. The monoisotopic (exact) mass is 308 g/mol. The maximum atomic E-state index is 12.3. The normalized spacial score (nSPS) is 11.0. The molecule has 23 heavy (non-hydrogen) atoms. The number of rotatable bonds is 3. The Bertz CT molecular complexity index is 1030. The lowest BCUT2D eigenvalue weighted by atomic mass is 10.2. The van der Waals surface area contributed by atoms with E-state index in [0.29, 0.717) is 33.9 Å². The van der Waals surface area contributed by atoms with Crippen molar-refractivity contribution in [3.63, 3.8) is 0 Å². The molecule has 0 aliphatic rings. The van der Waals surface area contributed by atoms with Crippen LogP contribution in [-0.4, -0.2) is 25.0 Å². The quantitative estimate of drug-likeness (QED) is 0.600. The van der Waals surface area contributed by atoms with Crippen LogP contribution in [0.3, 0.4) is 0 Å². The Morgan fingerprint density at radius 1 is 1.35 bits per heavy atom. The van der Waals surface area contributed by atoms with Crippen molar-refractivity contribution in [3.05, 3.63) is 53.2 Å². The van der Waals surface area contributed by atoms with Gasteiger partial charge in [0.2, 0.25) is 0 Å². The lowest BCUT2D eigenvalue weighted by molar-refractivity contribution is 0.618. The van der Waals surface area contributed by atoms with Crippen molar-refractivity contribution in [1.29, 1.82) is 0 Å². The molecule has 4 aromatic rings. The van der Waals surface area contributed by atoms with Crippen molar-refractivity contribution in [3.8, 4) is 11.3 Å². The van der Waals surface area contributed by atoms with E-state index in [9.17, 15) is 4.79 Å². The van der Waals surface area contributed by atoms with Crippen molar-refractivity contribution in [2.75, 3.05) is 5.32 Å². The fourth-order valence-corrected chi connectivity index (χ4v) is 2.30. The highest BCUT2D eigenvalue weighted by Crippen LogP contribution is 2.26. The highest BCUT2D eigenvalue weighted by Gasteiger charge is 2.13. The summed E-state index contributed by atoms with van der Waals surface area (Å²) < 4.78 is 7.54. The molecule has 0 spiro atoms. The lowest BCUT2D eigenvalue weighted by Crippen LogP contribution is -2.04. The molecule has 0 amide bonds. The van der Waals surface area contributed by atoms with Gasteiger partial charge in [-0.15, -0.1) is 0 Å². The van der Waals surface area contributed by atoms with Crippen LogP contribution in [0, 0.1) is 0 Å². The molecule has 0 aliphatic heterocycles. The van der Waals surface area contributed by atoms with Gasteiger partial charge in [-0.05, 0) is 6.07 Å². The lowest BCUT2D eigenvalue weighted by Gasteiger charge is -2.06. The zero-order valence-corrected chi connectivity index (χ0v) is 12.1. The zero-order chi connectivity index (χ0) is 15.8. The summed E-state index contributed by atoms with van der Waals surface area (Å²) in [6.07, 6.45) is 6.61. The summed E-state index contributed by atoms with van der Waals surface area (Å²) in [5, 5.41) is 14.3. The molecule has 8 nitrogen and oxygen atoms in total. The number of aromatic nitrogens is 5. The zero-order valence-electron chi connectivity index (χ0n) is 12.1. The molecular formula is C15H12N6O2. The third-order valence-electron chi connectivity index (χ3n) is 3.39. The predicted molar refractivity (Wildman–Crippen MR) is 84.4 cm³/mol. The second-order valence-electron chi connectivity index (χ2n) is 5.00. The van der Waals surface area contributed by atoms with Crippen LogP contribution in [0.5, 0.6) is 0 Å². The summed E-state index contributed by atoms with van der Waals surface area (Å²) in [7, 11) is 1.82. The van der Waals surface area contributed by atoms with E-state index in [2.05, 4.69) is 25.6 Å². The van der Waals surface area contributed by atoms with Crippen molar-refractivity contribution in [2.24, 2.45) is 7.05 Å². The van der Waals surface area contributed by atoms with Gasteiger partial charge in [-0.3, -0.25) is 14.6 Å². The molecule has 4 aromatic heterocycles. The second kappa shape index (κ2) is 5.09. The van der Waals surface area contributed by atoms with Gasteiger partial charge in [0.25, 0.3) is 0 Å². The van der Waals surface area contributed by atoms with E-state index < -0.39 is 0 Å². The SMILES string of the molecule is Cn1ccc(Nc2nccc3c(=O)cc(-c4cn[nH]c4)oc23)n1. The van der Waals surface area contributed by atoms with Crippen LogP contribution in [0.4, 0.5) is 11.6 Å². The van der Waals surface area contributed by atoms with Crippen LogP contribution < -0.4 is 10.7 Å². The predicted octanol–water partition coefficient (Wildman–Crippen LogP) is 2.06. The van der Waals surface area contributed by atoms with Crippen LogP contribution in [0.25, 0.3) is 22.3 Å². The Labute approximate surface area is 129 Å². The minimum atomic E-state index is -0.145. The number of aryl methyl sites for hydroxylation is 1. The average molecular weight is 308 g/mol. The number of aromatic amines is 1. The topological polar surface area (TPSA) is 102 Å². The van der Waals surface area contributed by atoms with Gasteiger partial charge in [0.1, 0.15) is 5.76 Å². The number of nitrogens with zero attached hydrogens (tertiary/aromatic N) is 4. The van der Waals surface area contributed by atoms with Gasteiger partial charge in [-0.2, -0.15) is 10.2 Å². The molecule has 0 radical (unpaired) electrons. The van der Waals surface area contributed by atoms with Crippen LogP contribution in [0.2, 0.25) is 0 Å². The standard InChI is InChI=1S/C15H12N6O2/c1-21-5-3-13(20-21)19-15-14-10(2-4-16-15)11(22)6-12(23-14)9-7-17-18-8-9/h2-8H,1H3,(H,17,18)(H,16,19,20). The van der Waals surface area contributed by atoms with E-state index >= 15 is 0 Å². The first kappa shape index (κ1) is 13.3. The van der Waals surface area contributed by atoms with Gasteiger partial charge < -0.3 is 9.73 Å². The van der Waals surface area contributed by atoms with Gasteiger partial charge in [-0.25, -0.2) is 4.98 Å². The molecule has 114 valence electrons. The molecule has 0 fully saturated rings. The van der Waals surface area contributed by atoms with Gasteiger partial charge >= 0.3 is 0 Å². The molecule has 0 aromatic carbocycles. The molecule has 8 heteroatoms. The van der Waals surface area contributed by atoms with Gasteiger partial charge in [0.15, 0.2) is 22.6 Å². The van der Waals surface area contributed by atoms with Gasteiger partial charge in [0.05, 0.1) is 17.1 Å². The molecule has 4 rings (SSSR count). The van der Waals surface area contributed by atoms with E-state index in [4.69, 9.17) is 4.42 Å². The van der Waals surface area contributed by atoms with Crippen LogP contribution in [-0.2, 0) is 7.05 Å². The third kappa shape index (κ3) is 2.35. The molecule has 0 aliphatic carbocycles. The first-order valence-corrected chi connectivity index (χ1v) is 6.89. The number of hydrogen-bond acceptors (Lipinski definition) is 6. The molecule has 0 unspecified atom stereocenters. The minimum Gasteiger partial charge on any atom is -0.452 e. The Hall–Kier alpha value is -3.42. The van der Waals surface area contributed by atoms with Crippen molar-refractivity contribution in [2.45, 2.75) is 0 Å². The number of fused-ring (bicyclic) bond motifs is 1. The summed E-state index contributed by atoms with van der Waals surface area (Å²) in [5.74, 6) is 1.47. The first-order valence-electron chi connectivity index (χ1n) is 6.89. The largest absolute Gasteiger partial charge is 0.452 e. The van der Waals surface area contributed by atoms with Crippen LogP contribution >= 0.6 is 0 Å². The second-order valence-corrected chi connectivity index (χ2v) is 5.00. The molecule has 0 atom stereocenters. The van der Waals surface area contributed by atoms with E-state index in [-0.39, 0.29) is 5.43 Å². The van der Waals surface area contributed by atoms with E-state index in [0.717, 1.165) is 0 Å².